The van der Waals surface area contributed by atoms with Crippen LogP contribution in [0.3, 0.4) is 0 Å². The largest absolute Gasteiger partial charge is 0.477 e. The summed E-state index contributed by atoms with van der Waals surface area (Å²) in [6.07, 6.45) is 0.516. The van der Waals surface area contributed by atoms with Crippen molar-refractivity contribution in [2.45, 2.75) is 16.5 Å². The highest BCUT2D eigenvalue weighted by molar-refractivity contribution is 8.01. The Bertz CT molecular complexity index is 588. The number of H-pyrrole nitrogens is 1. The molecule has 20 heavy (non-hydrogen) atoms. The lowest BCUT2D eigenvalue weighted by atomic mass is 10.1. The summed E-state index contributed by atoms with van der Waals surface area (Å²) in [6.45, 7) is 0. The maximum atomic E-state index is 11.6. The minimum absolute atomic E-state index is 0.0138. The number of aromatic amines is 1. The van der Waals surface area contributed by atoms with Crippen LogP contribution in [0.15, 0.2) is 22.5 Å². The van der Waals surface area contributed by atoms with Gasteiger partial charge >= 0.3 is 5.97 Å². The van der Waals surface area contributed by atoms with E-state index in [2.05, 4.69) is 15.4 Å². The van der Waals surface area contributed by atoms with Crippen molar-refractivity contribution >= 4 is 35.4 Å². The Labute approximate surface area is 121 Å². The standard InChI is InChI=1S/C10H10N4O4S2/c15-7-8(16)14-6(10(17)18)4(3-20-9(7)14)2-19-5-1-11-13-12-5/h1,7,9,15H,2-3H2,(H,17,18)(H,11,12,13)/t7-,9+/m1/s1. The Hall–Kier alpha value is -1.52. The third-order valence-electron chi connectivity index (χ3n) is 3.01. The zero-order chi connectivity index (χ0) is 14.3. The molecule has 10 heteroatoms. The van der Waals surface area contributed by atoms with Crippen LogP contribution < -0.4 is 0 Å². The second kappa shape index (κ2) is 5.11. The van der Waals surface area contributed by atoms with E-state index in [1.807, 2.05) is 0 Å². The first-order chi connectivity index (χ1) is 9.59. The molecule has 0 radical (unpaired) electrons. The second-order valence-electron chi connectivity index (χ2n) is 4.21. The Morgan fingerprint density at radius 2 is 2.45 bits per heavy atom. The molecule has 3 N–H and O–H groups in total. The van der Waals surface area contributed by atoms with Crippen molar-refractivity contribution in [3.8, 4) is 0 Å². The van der Waals surface area contributed by atoms with Crippen LogP contribution in [0, 0.1) is 0 Å². The molecular formula is C10H10N4O4S2. The van der Waals surface area contributed by atoms with Crippen LogP contribution in [0.25, 0.3) is 0 Å². The minimum atomic E-state index is -1.15. The topological polar surface area (TPSA) is 119 Å². The van der Waals surface area contributed by atoms with Gasteiger partial charge in [-0.05, 0) is 5.57 Å². The number of hydrogen-bond donors (Lipinski definition) is 3. The molecule has 0 unspecified atom stereocenters. The molecule has 106 valence electrons. The molecule has 2 aliphatic rings. The average molecular weight is 314 g/mol. The molecule has 1 aromatic rings. The highest BCUT2D eigenvalue weighted by Crippen LogP contribution is 2.41. The molecule has 2 aliphatic heterocycles. The van der Waals surface area contributed by atoms with E-state index < -0.39 is 23.4 Å². The van der Waals surface area contributed by atoms with Crippen LogP contribution in [-0.2, 0) is 9.59 Å². The Balaban J connectivity index is 1.82. The summed E-state index contributed by atoms with van der Waals surface area (Å²) >= 11 is 2.71. The first-order valence-electron chi connectivity index (χ1n) is 5.67. The molecule has 3 rings (SSSR count). The maximum Gasteiger partial charge on any atom is 0.352 e. The van der Waals surface area contributed by atoms with Crippen molar-refractivity contribution in [1.82, 2.24) is 20.3 Å². The SMILES string of the molecule is O=C(O)C1=C(CSc2c[nH]nn2)CS[C@H]2[C@H](O)C(=O)N12. The van der Waals surface area contributed by atoms with Crippen LogP contribution in [0.2, 0.25) is 0 Å². The lowest BCUT2D eigenvalue weighted by Crippen LogP contribution is -2.64. The number of carbonyl (C=O) groups excluding carboxylic acids is 1. The fraction of sp³-hybridized carbons (Fsp3) is 0.400. The number of thioether (sulfide) groups is 2. The van der Waals surface area contributed by atoms with Crippen LogP contribution in [-0.4, -0.2) is 65.4 Å². The summed E-state index contributed by atoms with van der Waals surface area (Å²) in [5.74, 6) is -0.819. The first kappa shape index (κ1) is 13.5. The van der Waals surface area contributed by atoms with Gasteiger partial charge in [0.2, 0.25) is 0 Å². The van der Waals surface area contributed by atoms with Crippen molar-refractivity contribution in [2.75, 3.05) is 11.5 Å². The maximum absolute atomic E-state index is 11.6. The number of hydrogen-bond acceptors (Lipinski definition) is 7. The van der Waals surface area contributed by atoms with E-state index in [1.165, 1.54) is 28.4 Å². The van der Waals surface area contributed by atoms with Gasteiger partial charge in [0.1, 0.15) is 16.1 Å². The molecular weight excluding hydrogens is 304 g/mol. The van der Waals surface area contributed by atoms with E-state index in [1.54, 1.807) is 6.20 Å². The van der Waals surface area contributed by atoms with Crippen molar-refractivity contribution in [2.24, 2.45) is 0 Å². The number of rotatable bonds is 4. The molecule has 0 aliphatic carbocycles. The number of amides is 1. The number of fused-ring (bicyclic) bond motifs is 1. The van der Waals surface area contributed by atoms with Crippen molar-refractivity contribution < 1.29 is 19.8 Å². The smallest absolute Gasteiger partial charge is 0.352 e. The predicted octanol–water partition coefficient (Wildman–Crippen LogP) is -0.489. The summed E-state index contributed by atoms with van der Waals surface area (Å²) in [6, 6.07) is 0. The van der Waals surface area contributed by atoms with E-state index in [4.69, 9.17) is 0 Å². The van der Waals surface area contributed by atoms with Gasteiger partial charge in [-0.2, -0.15) is 0 Å². The molecule has 0 saturated carbocycles. The van der Waals surface area contributed by atoms with E-state index >= 15 is 0 Å². The lowest BCUT2D eigenvalue weighted by Gasteiger charge is -2.47. The first-order valence-corrected chi connectivity index (χ1v) is 7.70. The molecule has 1 saturated heterocycles. The molecule has 1 fully saturated rings. The van der Waals surface area contributed by atoms with Gasteiger partial charge < -0.3 is 10.2 Å². The Kier molecular flexibility index (Phi) is 3.44. The van der Waals surface area contributed by atoms with Crippen LogP contribution in [0.5, 0.6) is 0 Å². The number of aliphatic carboxylic acids is 1. The number of nitrogens with zero attached hydrogens (tertiary/aromatic N) is 3. The fourth-order valence-corrected chi connectivity index (χ4v) is 4.26. The number of carboxylic acids is 1. The number of carbonyl (C=O) groups is 2. The molecule has 3 heterocycles. The van der Waals surface area contributed by atoms with Gasteiger partial charge in [0.25, 0.3) is 5.91 Å². The lowest BCUT2D eigenvalue weighted by molar-refractivity contribution is -0.159. The third kappa shape index (κ3) is 2.09. The van der Waals surface area contributed by atoms with Crippen LogP contribution in [0.1, 0.15) is 0 Å². The molecule has 8 nitrogen and oxygen atoms in total. The summed E-state index contributed by atoms with van der Waals surface area (Å²) in [5, 5.41) is 29.0. The molecule has 1 aromatic heterocycles. The van der Waals surface area contributed by atoms with Gasteiger partial charge in [0.05, 0.1) is 6.20 Å². The Morgan fingerprint density at radius 3 is 3.10 bits per heavy atom. The number of nitrogens with one attached hydrogen (secondary N) is 1. The average Bonchev–Trinajstić information content (AvgIpc) is 2.96. The summed E-state index contributed by atoms with van der Waals surface area (Å²) in [5.41, 5.74) is 0.632. The molecule has 2 atom stereocenters. The van der Waals surface area contributed by atoms with Crippen molar-refractivity contribution in [1.29, 1.82) is 0 Å². The molecule has 0 bridgehead atoms. The van der Waals surface area contributed by atoms with Crippen LogP contribution in [0.4, 0.5) is 0 Å². The van der Waals surface area contributed by atoms with E-state index in [-0.39, 0.29) is 5.70 Å². The summed E-state index contributed by atoms with van der Waals surface area (Å²) in [4.78, 5) is 24.2. The number of aliphatic hydroxyl groups is 1. The normalized spacial score (nSPS) is 25.4. The number of β-lactam (4-membered cyclic amide) rings is 1. The Morgan fingerprint density at radius 1 is 1.65 bits per heavy atom. The molecule has 0 aromatic carbocycles. The zero-order valence-corrected chi connectivity index (χ0v) is 11.6. The highest BCUT2D eigenvalue weighted by atomic mass is 32.2. The van der Waals surface area contributed by atoms with E-state index in [0.717, 1.165) is 0 Å². The highest BCUT2D eigenvalue weighted by Gasteiger charge is 2.52. The van der Waals surface area contributed by atoms with Crippen molar-refractivity contribution in [3.63, 3.8) is 0 Å². The van der Waals surface area contributed by atoms with E-state index in [9.17, 15) is 19.8 Å². The fourth-order valence-electron chi connectivity index (χ4n) is 2.06. The molecule has 0 spiro atoms. The molecule has 1 amide bonds. The van der Waals surface area contributed by atoms with Gasteiger partial charge in [-0.25, -0.2) is 4.79 Å². The van der Waals surface area contributed by atoms with Gasteiger partial charge in [0.15, 0.2) is 6.10 Å². The predicted molar refractivity (Wildman–Crippen MR) is 70.9 cm³/mol. The third-order valence-corrected chi connectivity index (χ3v) is 5.32. The number of aliphatic hydroxyl groups excluding tert-OH is 1. The van der Waals surface area contributed by atoms with Crippen LogP contribution >= 0.6 is 23.5 Å². The monoisotopic (exact) mass is 314 g/mol. The van der Waals surface area contributed by atoms with Crippen molar-refractivity contribution in [3.05, 3.63) is 17.5 Å². The minimum Gasteiger partial charge on any atom is -0.477 e. The summed E-state index contributed by atoms with van der Waals surface area (Å²) in [7, 11) is 0. The second-order valence-corrected chi connectivity index (χ2v) is 6.31. The van der Waals surface area contributed by atoms with E-state index in [0.29, 0.717) is 22.1 Å². The number of aromatic nitrogens is 3. The van der Waals surface area contributed by atoms with Gasteiger partial charge in [-0.1, -0.05) is 17.0 Å². The number of carboxylic acid groups (broad SMARTS) is 1. The van der Waals surface area contributed by atoms with Gasteiger partial charge in [-0.3, -0.25) is 14.8 Å². The van der Waals surface area contributed by atoms with Gasteiger partial charge in [-0.15, -0.1) is 16.9 Å². The summed E-state index contributed by atoms with van der Waals surface area (Å²) < 4.78 is 0. The zero-order valence-electron chi connectivity index (χ0n) is 10.0. The van der Waals surface area contributed by atoms with Gasteiger partial charge in [0, 0.05) is 11.5 Å². The quantitative estimate of drug-likeness (QED) is 0.503.